The van der Waals surface area contributed by atoms with Crippen LogP contribution in [0.5, 0.6) is 0 Å². The fraction of sp³-hybridized carbons (Fsp3) is 0.435. The number of carbonyl (C=O) groups is 1. The zero-order chi connectivity index (χ0) is 20.6. The van der Waals surface area contributed by atoms with Crippen LogP contribution in [0.3, 0.4) is 0 Å². The highest BCUT2D eigenvalue weighted by atomic mass is 19.4. The molecule has 154 valence electrons. The summed E-state index contributed by atoms with van der Waals surface area (Å²) in [5.41, 5.74) is -0.378. The molecule has 2 bridgehead atoms. The molecule has 2 heterocycles. The van der Waals surface area contributed by atoms with Gasteiger partial charge in [-0.3, -0.25) is 9.69 Å². The predicted molar refractivity (Wildman–Crippen MR) is 102 cm³/mol. The van der Waals surface area contributed by atoms with E-state index in [1.165, 1.54) is 5.56 Å². The second-order valence-electron chi connectivity index (χ2n) is 8.12. The molecule has 2 nitrogen and oxygen atoms in total. The van der Waals surface area contributed by atoms with Crippen molar-refractivity contribution < 1.29 is 22.4 Å². The Bertz CT molecular complexity index is 866. The van der Waals surface area contributed by atoms with E-state index >= 15 is 0 Å². The van der Waals surface area contributed by atoms with Crippen molar-refractivity contribution in [3.05, 3.63) is 71.0 Å². The maximum Gasteiger partial charge on any atom is 0.417 e. The maximum atomic E-state index is 13.7. The minimum Gasteiger partial charge on any atom is -0.294 e. The highest BCUT2D eigenvalue weighted by Gasteiger charge is 2.43. The fourth-order valence-electron chi connectivity index (χ4n) is 4.93. The van der Waals surface area contributed by atoms with E-state index in [4.69, 9.17) is 0 Å². The minimum atomic E-state index is -4.68. The Kier molecular flexibility index (Phi) is 5.47. The van der Waals surface area contributed by atoms with Gasteiger partial charge in [0.25, 0.3) is 0 Å². The van der Waals surface area contributed by atoms with Crippen LogP contribution in [0, 0.1) is 11.7 Å². The fourth-order valence-corrected chi connectivity index (χ4v) is 4.93. The van der Waals surface area contributed by atoms with Crippen molar-refractivity contribution >= 4 is 5.78 Å². The molecule has 0 N–H and O–H groups in total. The van der Waals surface area contributed by atoms with Crippen LogP contribution in [0.15, 0.2) is 48.5 Å². The molecular formula is C23H23F4NO. The quantitative estimate of drug-likeness (QED) is 0.469. The van der Waals surface area contributed by atoms with Gasteiger partial charge in [0.1, 0.15) is 5.82 Å². The Labute approximate surface area is 167 Å². The van der Waals surface area contributed by atoms with Crippen molar-refractivity contribution in [2.24, 2.45) is 5.92 Å². The van der Waals surface area contributed by atoms with E-state index in [0.29, 0.717) is 18.9 Å². The summed E-state index contributed by atoms with van der Waals surface area (Å²) in [5, 5.41) is 0. The summed E-state index contributed by atoms with van der Waals surface area (Å²) in [6.07, 6.45) is -0.700. The van der Waals surface area contributed by atoms with Crippen LogP contribution in [-0.4, -0.2) is 22.8 Å². The summed E-state index contributed by atoms with van der Waals surface area (Å²) in [7, 11) is 0. The second kappa shape index (κ2) is 7.90. The van der Waals surface area contributed by atoms with Gasteiger partial charge in [-0.05, 0) is 49.4 Å². The Morgan fingerprint density at radius 3 is 2.28 bits per heavy atom. The molecule has 4 rings (SSSR count). The summed E-state index contributed by atoms with van der Waals surface area (Å²) in [6, 6.07) is 12.6. The van der Waals surface area contributed by atoms with Crippen molar-refractivity contribution in [1.29, 1.82) is 0 Å². The van der Waals surface area contributed by atoms with Crippen molar-refractivity contribution in [2.75, 3.05) is 0 Å². The van der Waals surface area contributed by atoms with E-state index in [0.717, 1.165) is 37.9 Å². The molecule has 6 heteroatoms. The number of fused-ring (bicyclic) bond motifs is 2. The molecule has 0 saturated carbocycles. The molecule has 2 aliphatic rings. The van der Waals surface area contributed by atoms with E-state index in [1.807, 2.05) is 18.2 Å². The van der Waals surface area contributed by atoms with Crippen LogP contribution >= 0.6 is 0 Å². The summed E-state index contributed by atoms with van der Waals surface area (Å²) in [5.74, 6) is -1.89. The van der Waals surface area contributed by atoms with Gasteiger partial charge in [-0.2, -0.15) is 13.2 Å². The SMILES string of the molecule is O=C(c1cc(F)ccc1C(F)(F)F)C1CC2CCCC(C1)N2Cc1ccccc1. The third-order valence-electron chi connectivity index (χ3n) is 6.26. The number of Topliss-reactive ketones (excluding diaryl/α,β-unsaturated/α-hetero) is 1. The first-order valence-corrected chi connectivity index (χ1v) is 10.0. The highest BCUT2D eigenvalue weighted by molar-refractivity contribution is 5.99. The van der Waals surface area contributed by atoms with Gasteiger partial charge in [0.05, 0.1) is 5.56 Å². The molecular weight excluding hydrogens is 382 g/mol. The molecule has 0 amide bonds. The van der Waals surface area contributed by atoms with E-state index in [2.05, 4.69) is 17.0 Å². The molecule has 0 aromatic heterocycles. The summed E-state index contributed by atoms with van der Waals surface area (Å²) < 4.78 is 53.7. The summed E-state index contributed by atoms with van der Waals surface area (Å²) in [6.45, 7) is 0.783. The number of ketones is 1. The average molecular weight is 405 g/mol. The normalized spacial score (nSPS) is 25.0. The molecule has 2 fully saturated rings. The number of alkyl halides is 3. The summed E-state index contributed by atoms with van der Waals surface area (Å²) in [4.78, 5) is 15.4. The highest BCUT2D eigenvalue weighted by Crippen LogP contribution is 2.41. The second-order valence-corrected chi connectivity index (χ2v) is 8.12. The zero-order valence-electron chi connectivity index (χ0n) is 16.0. The van der Waals surface area contributed by atoms with Crippen LogP contribution in [0.1, 0.15) is 53.6 Å². The first kappa shape index (κ1) is 20.1. The van der Waals surface area contributed by atoms with E-state index in [1.54, 1.807) is 0 Å². The van der Waals surface area contributed by atoms with Gasteiger partial charge in [-0.1, -0.05) is 36.8 Å². The van der Waals surface area contributed by atoms with E-state index in [9.17, 15) is 22.4 Å². The lowest BCUT2D eigenvalue weighted by molar-refractivity contribution is -0.138. The van der Waals surface area contributed by atoms with Gasteiger partial charge in [-0.25, -0.2) is 4.39 Å². The monoisotopic (exact) mass is 405 g/mol. The van der Waals surface area contributed by atoms with Crippen molar-refractivity contribution in [2.45, 2.75) is 56.9 Å². The van der Waals surface area contributed by atoms with Crippen molar-refractivity contribution in [1.82, 2.24) is 4.90 Å². The van der Waals surface area contributed by atoms with Gasteiger partial charge < -0.3 is 0 Å². The summed E-state index contributed by atoms with van der Waals surface area (Å²) >= 11 is 0. The molecule has 0 radical (unpaired) electrons. The Balaban J connectivity index is 1.56. The molecule has 29 heavy (non-hydrogen) atoms. The van der Waals surface area contributed by atoms with Crippen LogP contribution in [0.4, 0.5) is 17.6 Å². The lowest BCUT2D eigenvalue weighted by atomic mass is 9.75. The molecule has 2 unspecified atom stereocenters. The molecule has 2 saturated heterocycles. The number of piperidine rings is 2. The van der Waals surface area contributed by atoms with E-state index < -0.39 is 34.8 Å². The third-order valence-corrected chi connectivity index (χ3v) is 6.26. The predicted octanol–water partition coefficient (Wildman–Crippen LogP) is 5.86. The molecule has 2 aromatic rings. The molecule has 0 aliphatic carbocycles. The van der Waals surface area contributed by atoms with Gasteiger partial charge >= 0.3 is 6.18 Å². The Morgan fingerprint density at radius 2 is 1.66 bits per heavy atom. The van der Waals surface area contributed by atoms with Gasteiger partial charge in [-0.15, -0.1) is 0 Å². The van der Waals surface area contributed by atoms with Crippen LogP contribution in [-0.2, 0) is 12.7 Å². The molecule has 0 spiro atoms. The molecule has 2 aliphatic heterocycles. The first-order valence-electron chi connectivity index (χ1n) is 10.0. The topological polar surface area (TPSA) is 20.3 Å². The number of halogens is 4. The van der Waals surface area contributed by atoms with Gasteiger partial charge in [0.15, 0.2) is 5.78 Å². The van der Waals surface area contributed by atoms with Crippen LogP contribution in [0.2, 0.25) is 0 Å². The smallest absolute Gasteiger partial charge is 0.294 e. The number of benzene rings is 2. The van der Waals surface area contributed by atoms with Gasteiger partial charge in [0, 0.05) is 30.1 Å². The molecule has 2 atom stereocenters. The van der Waals surface area contributed by atoms with Crippen molar-refractivity contribution in [3.8, 4) is 0 Å². The number of nitrogens with zero attached hydrogens (tertiary/aromatic N) is 1. The maximum absolute atomic E-state index is 13.7. The number of rotatable bonds is 4. The third kappa shape index (κ3) is 4.22. The lowest BCUT2D eigenvalue weighted by Gasteiger charge is -2.48. The average Bonchev–Trinajstić information content (AvgIpc) is 2.67. The van der Waals surface area contributed by atoms with Crippen LogP contribution < -0.4 is 0 Å². The lowest BCUT2D eigenvalue weighted by Crippen LogP contribution is -2.52. The van der Waals surface area contributed by atoms with Crippen molar-refractivity contribution in [3.63, 3.8) is 0 Å². The zero-order valence-corrected chi connectivity index (χ0v) is 16.0. The van der Waals surface area contributed by atoms with Crippen LogP contribution in [0.25, 0.3) is 0 Å². The van der Waals surface area contributed by atoms with Gasteiger partial charge in [0.2, 0.25) is 0 Å². The standard InChI is InChI=1S/C23H23F4NO/c24-17-9-10-21(23(25,26)27)20(13-17)22(29)16-11-18-7-4-8-19(12-16)28(18)14-15-5-2-1-3-6-15/h1-3,5-6,9-10,13,16,18-19H,4,7-8,11-12,14H2. The number of carbonyl (C=O) groups excluding carboxylic acids is 1. The Hall–Kier alpha value is -2.21. The number of hydrogen-bond acceptors (Lipinski definition) is 2. The Morgan fingerprint density at radius 1 is 1.00 bits per heavy atom. The minimum absolute atomic E-state index is 0.166. The number of hydrogen-bond donors (Lipinski definition) is 0. The largest absolute Gasteiger partial charge is 0.417 e. The van der Waals surface area contributed by atoms with E-state index in [-0.39, 0.29) is 12.1 Å². The first-order chi connectivity index (χ1) is 13.8. The molecule has 2 aromatic carbocycles.